The number of nitrogens with two attached hydrogens (primary N) is 1. The number of hydrogen-bond acceptors (Lipinski definition) is 4. The molecule has 0 spiro atoms. The number of aromatic nitrogens is 1. The second-order valence-electron chi connectivity index (χ2n) is 3.64. The number of benzene rings is 1. The topological polar surface area (TPSA) is 80.0 Å². The van der Waals surface area contributed by atoms with E-state index < -0.39 is 0 Å². The van der Waals surface area contributed by atoms with E-state index in [1.807, 2.05) is 24.3 Å². The smallest absolute Gasteiger partial charge is 0.255 e. The number of hydrogen-bond donors (Lipinski definition) is 3. The van der Waals surface area contributed by atoms with E-state index in [1.54, 1.807) is 0 Å². The lowest BCUT2D eigenvalue weighted by atomic mass is 10.2. The second-order valence-corrected chi connectivity index (χ2v) is 5.19. The zero-order chi connectivity index (χ0) is 13.8. The number of hydrazine groups is 1. The summed E-state index contributed by atoms with van der Waals surface area (Å²) in [6.45, 7) is 0. The highest BCUT2D eigenvalue weighted by Crippen LogP contribution is 2.19. The van der Waals surface area contributed by atoms with Crippen LogP contribution in [-0.4, -0.2) is 10.9 Å². The Kier molecular flexibility index (Phi) is 4.56. The molecule has 5 nitrogen and oxygen atoms in total. The van der Waals surface area contributed by atoms with Gasteiger partial charge in [0.2, 0.25) is 0 Å². The minimum absolute atomic E-state index is 0.198. The molecule has 0 atom stereocenters. The van der Waals surface area contributed by atoms with Crippen LogP contribution in [0, 0.1) is 3.57 Å². The summed E-state index contributed by atoms with van der Waals surface area (Å²) in [5.74, 6) is 5.32. The lowest BCUT2D eigenvalue weighted by Gasteiger charge is -2.08. The highest BCUT2D eigenvalue weighted by atomic mass is 127. The standard InChI is InChI=1S/C12H10ClIN4O/c13-10-5-7(6-11(17-10)18-15)12(19)16-9-4-2-1-3-8(9)14/h1-6H,15H2,(H,16,19)(H,17,18). The number of pyridine rings is 1. The van der Waals surface area contributed by atoms with Gasteiger partial charge < -0.3 is 10.7 Å². The number of carbonyl (C=O) groups is 1. The zero-order valence-corrected chi connectivity index (χ0v) is 12.6. The maximum Gasteiger partial charge on any atom is 0.255 e. The van der Waals surface area contributed by atoms with Crippen LogP contribution < -0.4 is 16.6 Å². The summed E-state index contributed by atoms with van der Waals surface area (Å²) in [6.07, 6.45) is 0. The van der Waals surface area contributed by atoms with E-state index in [0.29, 0.717) is 11.4 Å². The van der Waals surface area contributed by atoms with Gasteiger partial charge in [-0.15, -0.1) is 0 Å². The number of nitrogen functional groups attached to an aromatic ring is 1. The van der Waals surface area contributed by atoms with Gasteiger partial charge in [0.15, 0.2) is 0 Å². The van der Waals surface area contributed by atoms with Gasteiger partial charge in [-0.25, -0.2) is 10.8 Å². The third kappa shape index (κ3) is 3.55. The Labute approximate surface area is 128 Å². The highest BCUT2D eigenvalue weighted by Gasteiger charge is 2.10. The molecule has 0 aliphatic heterocycles. The van der Waals surface area contributed by atoms with Crippen LogP contribution in [0.4, 0.5) is 11.5 Å². The Morgan fingerprint density at radius 3 is 2.74 bits per heavy atom. The fraction of sp³-hybridized carbons (Fsp3) is 0. The third-order valence-electron chi connectivity index (χ3n) is 2.33. The lowest BCUT2D eigenvalue weighted by Crippen LogP contribution is -2.15. The van der Waals surface area contributed by atoms with Crippen molar-refractivity contribution in [1.29, 1.82) is 0 Å². The summed E-state index contributed by atoms with van der Waals surface area (Å²) in [6, 6.07) is 10.5. The number of nitrogens with one attached hydrogen (secondary N) is 2. The van der Waals surface area contributed by atoms with Gasteiger partial charge in [0.25, 0.3) is 5.91 Å². The summed E-state index contributed by atoms with van der Waals surface area (Å²) in [5, 5.41) is 3.00. The number of para-hydroxylation sites is 1. The monoisotopic (exact) mass is 388 g/mol. The van der Waals surface area contributed by atoms with Crippen LogP contribution in [0.1, 0.15) is 10.4 Å². The largest absolute Gasteiger partial charge is 0.321 e. The Balaban J connectivity index is 2.25. The molecule has 1 aromatic carbocycles. The van der Waals surface area contributed by atoms with E-state index in [2.05, 4.69) is 38.3 Å². The molecule has 0 unspecified atom stereocenters. The van der Waals surface area contributed by atoms with Gasteiger partial charge in [0.05, 0.1) is 5.69 Å². The van der Waals surface area contributed by atoms with Crippen LogP contribution in [0.5, 0.6) is 0 Å². The molecule has 0 fully saturated rings. The van der Waals surface area contributed by atoms with Gasteiger partial charge in [-0.3, -0.25) is 4.79 Å². The fourth-order valence-electron chi connectivity index (χ4n) is 1.46. The van der Waals surface area contributed by atoms with Crippen LogP contribution in [-0.2, 0) is 0 Å². The van der Waals surface area contributed by atoms with E-state index in [4.69, 9.17) is 17.4 Å². The number of rotatable bonds is 3. The van der Waals surface area contributed by atoms with Crippen molar-refractivity contribution in [3.8, 4) is 0 Å². The summed E-state index contributed by atoms with van der Waals surface area (Å²) < 4.78 is 0.950. The second kappa shape index (κ2) is 6.18. The molecule has 7 heteroatoms. The third-order valence-corrected chi connectivity index (χ3v) is 3.46. The van der Waals surface area contributed by atoms with Crippen molar-refractivity contribution in [2.24, 2.45) is 5.84 Å². The zero-order valence-electron chi connectivity index (χ0n) is 9.65. The van der Waals surface area contributed by atoms with Gasteiger partial charge in [-0.05, 0) is 46.9 Å². The molecule has 98 valence electrons. The first-order valence-electron chi connectivity index (χ1n) is 5.30. The van der Waals surface area contributed by atoms with Crippen molar-refractivity contribution >= 4 is 51.6 Å². The minimum atomic E-state index is -0.273. The van der Waals surface area contributed by atoms with Crippen LogP contribution in [0.2, 0.25) is 5.15 Å². The van der Waals surface area contributed by atoms with E-state index in [-0.39, 0.29) is 11.1 Å². The normalized spacial score (nSPS) is 10.1. The molecule has 2 aromatic rings. The molecular weight excluding hydrogens is 379 g/mol. The van der Waals surface area contributed by atoms with Crippen LogP contribution >= 0.6 is 34.2 Å². The van der Waals surface area contributed by atoms with Crippen LogP contribution in [0.25, 0.3) is 0 Å². The Hall–Kier alpha value is -1.38. The molecule has 1 amide bonds. The molecule has 4 N–H and O–H groups in total. The van der Waals surface area contributed by atoms with Gasteiger partial charge in [0, 0.05) is 9.13 Å². The van der Waals surface area contributed by atoms with Crippen molar-refractivity contribution in [2.75, 3.05) is 10.7 Å². The molecule has 1 heterocycles. The average Bonchev–Trinajstić information content (AvgIpc) is 2.40. The molecule has 0 radical (unpaired) electrons. The first kappa shape index (κ1) is 14.0. The maximum atomic E-state index is 12.1. The molecule has 0 aliphatic carbocycles. The number of nitrogens with zero attached hydrogens (tertiary/aromatic N) is 1. The summed E-state index contributed by atoms with van der Waals surface area (Å²) >= 11 is 7.97. The molecule has 2 rings (SSSR count). The van der Waals surface area contributed by atoms with E-state index >= 15 is 0 Å². The maximum absolute atomic E-state index is 12.1. The number of halogens is 2. The van der Waals surface area contributed by atoms with Gasteiger partial charge in [-0.2, -0.15) is 0 Å². The highest BCUT2D eigenvalue weighted by molar-refractivity contribution is 14.1. The van der Waals surface area contributed by atoms with E-state index in [0.717, 1.165) is 9.26 Å². The van der Waals surface area contributed by atoms with E-state index in [9.17, 15) is 4.79 Å². The molecule has 19 heavy (non-hydrogen) atoms. The average molecular weight is 389 g/mol. The summed E-state index contributed by atoms with van der Waals surface area (Å²) in [4.78, 5) is 16.0. The van der Waals surface area contributed by atoms with Crippen molar-refractivity contribution in [2.45, 2.75) is 0 Å². The molecular formula is C12H10ClIN4O. The number of anilines is 2. The lowest BCUT2D eigenvalue weighted by molar-refractivity contribution is 0.102. The number of carbonyl (C=O) groups excluding carboxylic acids is 1. The van der Waals surface area contributed by atoms with Gasteiger partial charge in [-0.1, -0.05) is 23.7 Å². The minimum Gasteiger partial charge on any atom is -0.321 e. The molecule has 0 aliphatic rings. The van der Waals surface area contributed by atoms with Crippen LogP contribution in [0.3, 0.4) is 0 Å². The Morgan fingerprint density at radius 1 is 1.32 bits per heavy atom. The fourth-order valence-corrected chi connectivity index (χ4v) is 2.19. The molecule has 1 aromatic heterocycles. The quantitative estimate of drug-likeness (QED) is 0.327. The molecule has 0 saturated carbocycles. The van der Waals surface area contributed by atoms with Gasteiger partial charge in [0.1, 0.15) is 11.0 Å². The Bertz CT molecular complexity index is 620. The predicted molar refractivity (Wildman–Crippen MR) is 84.2 cm³/mol. The molecule has 0 bridgehead atoms. The number of amides is 1. The predicted octanol–water partition coefficient (Wildman–Crippen LogP) is 2.88. The summed E-state index contributed by atoms with van der Waals surface area (Å²) in [7, 11) is 0. The molecule has 0 saturated heterocycles. The van der Waals surface area contributed by atoms with E-state index in [1.165, 1.54) is 12.1 Å². The van der Waals surface area contributed by atoms with Crippen molar-refractivity contribution in [3.63, 3.8) is 0 Å². The van der Waals surface area contributed by atoms with Gasteiger partial charge >= 0.3 is 0 Å². The van der Waals surface area contributed by atoms with Crippen molar-refractivity contribution < 1.29 is 4.79 Å². The first-order valence-corrected chi connectivity index (χ1v) is 6.76. The first-order chi connectivity index (χ1) is 9.10. The van der Waals surface area contributed by atoms with Crippen molar-refractivity contribution in [1.82, 2.24) is 4.98 Å². The Morgan fingerprint density at radius 2 is 2.05 bits per heavy atom. The SMILES string of the molecule is NNc1cc(C(=O)Nc2ccccc2I)cc(Cl)n1. The summed E-state index contributed by atoms with van der Waals surface area (Å²) in [5.41, 5.74) is 3.48. The van der Waals surface area contributed by atoms with Crippen LogP contribution in [0.15, 0.2) is 36.4 Å². The van der Waals surface area contributed by atoms with Crippen molar-refractivity contribution in [3.05, 3.63) is 50.7 Å².